The lowest BCUT2D eigenvalue weighted by Crippen LogP contribution is -2.60. The summed E-state index contributed by atoms with van der Waals surface area (Å²) in [6.45, 7) is 19.3. The van der Waals surface area contributed by atoms with E-state index in [2.05, 4.69) is 21.3 Å². The van der Waals surface area contributed by atoms with Crippen LogP contribution in [0.4, 0.5) is 4.79 Å². The van der Waals surface area contributed by atoms with Crippen LogP contribution >= 0.6 is 11.6 Å². The van der Waals surface area contributed by atoms with Crippen molar-refractivity contribution >= 4 is 59.2 Å². The third-order valence-electron chi connectivity index (χ3n) is 13.3. The van der Waals surface area contributed by atoms with Crippen molar-refractivity contribution < 1.29 is 52.6 Å². The molecule has 0 fully saturated rings. The van der Waals surface area contributed by atoms with E-state index in [1.54, 1.807) is 71.2 Å². The summed E-state index contributed by atoms with van der Waals surface area (Å²) in [5.41, 5.74) is -0.281. The number of esters is 2. The second-order valence-corrected chi connectivity index (χ2v) is 20.9. The second-order valence-electron chi connectivity index (χ2n) is 20.5. The summed E-state index contributed by atoms with van der Waals surface area (Å²) >= 11 is 6.16. The molecule has 0 aliphatic carbocycles. The normalized spacial score (nSPS) is 25.2. The van der Waals surface area contributed by atoms with E-state index in [0.717, 1.165) is 37.1 Å². The van der Waals surface area contributed by atoms with Gasteiger partial charge in [0.25, 0.3) is 5.91 Å². The highest BCUT2D eigenvalue weighted by Gasteiger charge is 2.41. The molecule has 1 aliphatic rings. The van der Waals surface area contributed by atoms with Crippen molar-refractivity contribution in [3.05, 3.63) is 58.1 Å². The molecule has 0 saturated carbocycles. The Morgan fingerprint density at radius 3 is 2.18 bits per heavy atom. The minimum atomic E-state index is -1.65. The van der Waals surface area contributed by atoms with E-state index in [1.807, 2.05) is 27.8 Å². The molecule has 19 heteroatoms. The fourth-order valence-corrected chi connectivity index (χ4v) is 8.25. The number of hydrogen-bond donors (Lipinski definition) is 4. The first kappa shape index (κ1) is 63.6. The number of hydrogen-bond acceptors (Lipinski definition) is 12. The van der Waals surface area contributed by atoms with Gasteiger partial charge >= 0.3 is 18.0 Å². The number of rotatable bonds is 15. The summed E-state index contributed by atoms with van der Waals surface area (Å²) in [6, 6.07) is 3.18. The van der Waals surface area contributed by atoms with E-state index < -0.39 is 108 Å². The Morgan fingerprint density at radius 1 is 0.959 bits per heavy atom. The highest BCUT2D eigenvalue weighted by molar-refractivity contribution is 6.30. The molecule has 2 rings (SSSR count). The van der Waals surface area contributed by atoms with Crippen LogP contribution in [0, 0.1) is 17.8 Å². The molecular formula is C54H86ClN7O11. The average molecular weight is 1040 g/mol. The van der Waals surface area contributed by atoms with Crippen molar-refractivity contribution in [1.29, 1.82) is 0 Å². The lowest BCUT2D eigenvalue weighted by molar-refractivity contribution is -0.160. The SMILES string of the molecule is C/C=C(\C)[C@H]1OC(=O)C(C)(C)NC(=O)[C@H]([C@H](C)CC)NC(=O)CN(C)C(=O)[C@@H](Cc2ccc(Cl)cc2)N(C)C(=O)[C@H](C)NC(=O)[C@H](CC(C)C)OC(=O)/C(C)=C\C[C@H](OC(=O)N(C)CCCCCCNC)[C@@H]1C. The molecule has 0 spiro atoms. The van der Waals surface area contributed by atoms with E-state index in [1.165, 1.54) is 51.6 Å². The van der Waals surface area contributed by atoms with Crippen LogP contribution in [0.15, 0.2) is 47.6 Å². The summed E-state index contributed by atoms with van der Waals surface area (Å²) < 4.78 is 18.2. The van der Waals surface area contributed by atoms with Gasteiger partial charge in [-0.25, -0.2) is 14.4 Å². The Labute approximate surface area is 439 Å². The predicted octanol–water partition coefficient (Wildman–Crippen LogP) is 6.14. The Hall–Kier alpha value is -5.49. The fraction of sp³-hybridized carbons (Fsp3) is 0.667. The Bertz CT molecular complexity index is 2100. The molecule has 1 heterocycles. The summed E-state index contributed by atoms with van der Waals surface area (Å²) in [5, 5.41) is 11.8. The van der Waals surface area contributed by atoms with Crippen molar-refractivity contribution in [3.63, 3.8) is 0 Å². The third kappa shape index (κ3) is 20.4. The number of carbonyl (C=O) groups is 8. The number of carbonyl (C=O) groups excluding carboxylic acids is 8. The molecule has 0 aromatic heterocycles. The van der Waals surface area contributed by atoms with E-state index >= 15 is 0 Å². The first-order valence-corrected chi connectivity index (χ1v) is 26.0. The molecule has 1 aromatic carbocycles. The fourth-order valence-electron chi connectivity index (χ4n) is 8.12. The molecule has 73 heavy (non-hydrogen) atoms. The van der Waals surface area contributed by atoms with Crippen LogP contribution in [0.25, 0.3) is 0 Å². The largest absolute Gasteiger partial charge is 0.456 e. The standard InChI is InChI=1S/C54H86ClN7O11/c1-16-34(5)45-48(65)59-54(10,11)52(69)73-46(35(6)17-2)37(8)42(72-53(70)60(13)29-21-19-18-20-28-56-12)27-22-36(7)51(68)71-43(30-33(3)4)47(64)57-38(9)49(66)62(15)41(31-39-23-25-40(55)26-24-39)50(67)61(14)32-44(63)58-45/h17,22-26,33-34,37-38,41-43,45-46,56H,16,18-21,27-32H2,1-15H3,(H,57,64)(H,58,63)(H,59,65)/b35-17+,36-22-/t34-,37+,38+,41-,42+,43+,45+,46-/m1/s1. The number of nitrogens with zero attached hydrogens (tertiary/aromatic N) is 3. The van der Waals surface area contributed by atoms with Crippen molar-refractivity contribution in [2.75, 3.05) is 47.8 Å². The molecule has 410 valence electrons. The second kappa shape index (κ2) is 30.6. The number of nitrogens with one attached hydrogen (secondary N) is 4. The smallest absolute Gasteiger partial charge is 0.409 e. The number of allylic oxidation sites excluding steroid dienone is 1. The molecule has 4 N–H and O–H groups in total. The molecule has 1 aliphatic heterocycles. The number of benzene rings is 1. The highest BCUT2D eigenvalue weighted by atomic mass is 35.5. The molecular weight excluding hydrogens is 958 g/mol. The van der Waals surface area contributed by atoms with Gasteiger partial charge in [0, 0.05) is 57.0 Å². The van der Waals surface area contributed by atoms with Gasteiger partial charge in [-0.05, 0) is 110 Å². The van der Waals surface area contributed by atoms with Gasteiger partial charge in [0.05, 0.1) is 6.54 Å². The minimum absolute atomic E-state index is 0.00849. The zero-order valence-electron chi connectivity index (χ0n) is 46.1. The summed E-state index contributed by atoms with van der Waals surface area (Å²) in [4.78, 5) is 116. The van der Waals surface area contributed by atoms with Crippen molar-refractivity contribution in [2.24, 2.45) is 17.8 Å². The lowest BCUT2D eigenvalue weighted by Gasteiger charge is -2.35. The number of cyclic esters (lactones) is 2. The van der Waals surface area contributed by atoms with Crippen LogP contribution in [0.5, 0.6) is 0 Å². The molecule has 0 bridgehead atoms. The molecule has 0 unspecified atom stereocenters. The number of ether oxygens (including phenoxy) is 3. The van der Waals surface area contributed by atoms with Crippen LogP contribution in [0.2, 0.25) is 5.02 Å². The number of unbranched alkanes of at least 4 members (excludes halogenated alkanes) is 3. The summed E-state index contributed by atoms with van der Waals surface area (Å²) in [6.07, 6.45) is 3.58. The van der Waals surface area contributed by atoms with Crippen LogP contribution < -0.4 is 21.3 Å². The number of amides is 6. The van der Waals surface area contributed by atoms with Gasteiger partial charge < -0.3 is 50.2 Å². The van der Waals surface area contributed by atoms with E-state index in [-0.39, 0.29) is 30.8 Å². The van der Waals surface area contributed by atoms with Gasteiger partial charge in [0.2, 0.25) is 23.6 Å². The van der Waals surface area contributed by atoms with Crippen LogP contribution in [0.1, 0.15) is 127 Å². The Kier molecular flexibility index (Phi) is 26.7. The third-order valence-corrected chi connectivity index (χ3v) is 13.6. The Balaban J connectivity index is 2.75. The Morgan fingerprint density at radius 2 is 1.59 bits per heavy atom. The van der Waals surface area contributed by atoms with Crippen molar-refractivity contribution in [2.45, 2.75) is 170 Å². The summed E-state index contributed by atoms with van der Waals surface area (Å²) in [7, 11) is 6.36. The molecule has 0 radical (unpaired) electrons. The van der Waals surface area contributed by atoms with Crippen LogP contribution in [-0.4, -0.2) is 152 Å². The highest BCUT2D eigenvalue weighted by Crippen LogP contribution is 2.28. The van der Waals surface area contributed by atoms with Crippen LogP contribution in [-0.2, 0) is 54.2 Å². The first-order valence-electron chi connectivity index (χ1n) is 25.6. The molecule has 0 saturated heterocycles. The average Bonchev–Trinajstić information content (AvgIpc) is 3.34. The topological polar surface area (TPSA) is 222 Å². The predicted molar refractivity (Wildman–Crippen MR) is 282 cm³/mol. The molecule has 6 amide bonds. The van der Waals surface area contributed by atoms with Crippen LogP contribution in [0.3, 0.4) is 0 Å². The van der Waals surface area contributed by atoms with Crippen molar-refractivity contribution in [1.82, 2.24) is 36.0 Å². The quantitative estimate of drug-likeness (QED) is 0.0674. The zero-order valence-corrected chi connectivity index (χ0v) is 46.9. The van der Waals surface area contributed by atoms with E-state index in [0.29, 0.717) is 29.1 Å². The number of halogens is 1. The maximum atomic E-state index is 14.4. The zero-order chi connectivity index (χ0) is 55.3. The first-order chi connectivity index (χ1) is 34.2. The molecule has 18 nitrogen and oxygen atoms in total. The van der Waals surface area contributed by atoms with Gasteiger partial charge in [0.15, 0.2) is 6.10 Å². The van der Waals surface area contributed by atoms with Crippen molar-refractivity contribution in [3.8, 4) is 0 Å². The van der Waals surface area contributed by atoms with Gasteiger partial charge in [-0.3, -0.25) is 24.0 Å². The molecule has 8 atom stereocenters. The van der Waals surface area contributed by atoms with Gasteiger partial charge in [-0.15, -0.1) is 0 Å². The van der Waals surface area contributed by atoms with E-state index in [9.17, 15) is 38.4 Å². The van der Waals surface area contributed by atoms with Gasteiger partial charge in [-0.1, -0.05) is 89.8 Å². The van der Waals surface area contributed by atoms with E-state index in [4.69, 9.17) is 25.8 Å². The number of likely N-dealkylation sites (N-methyl/N-ethyl adjacent to an activating group) is 2. The van der Waals surface area contributed by atoms with Gasteiger partial charge in [-0.2, -0.15) is 0 Å². The minimum Gasteiger partial charge on any atom is -0.456 e. The molecule has 1 aromatic rings. The monoisotopic (exact) mass is 1040 g/mol. The summed E-state index contributed by atoms with van der Waals surface area (Å²) in [5.74, 6) is -6.26. The van der Waals surface area contributed by atoms with Gasteiger partial charge in [0.1, 0.15) is 35.9 Å². The maximum Gasteiger partial charge on any atom is 0.409 e. The maximum absolute atomic E-state index is 14.4. The lowest BCUT2D eigenvalue weighted by atomic mass is 9.90.